The van der Waals surface area contributed by atoms with E-state index in [1.54, 1.807) is 0 Å². The van der Waals surface area contributed by atoms with Crippen molar-refractivity contribution in [3.05, 3.63) is 34.9 Å². The third-order valence-electron chi connectivity index (χ3n) is 3.32. The molecule has 0 spiro atoms. The van der Waals surface area contributed by atoms with Crippen molar-refractivity contribution in [3.8, 4) is 0 Å². The Bertz CT molecular complexity index is 470. The summed E-state index contributed by atoms with van der Waals surface area (Å²) in [5.74, 6) is -1.50. The third-order valence-corrected chi connectivity index (χ3v) is 3.32. The number of benzene rings is 1. The number of amides is 1. The molecular weight excluding hydrogens is 238 g/mol. The SMILES string of the molecule is Cc1cc(F)c(C(=O)NCC2CC(N)C2)cc1F. The van der Waals surface area contributed by atoms with Crippen LogP contribution in [0.25, 0.3) is 0 Å². The summed E-state index contributed by atoms with van der Waals surface area (Å²) in [7, 11) is 0. The second-order valence-corrected chi connectivity index (χ2v) is 4.89. The number of rotatable bonds is 3. The summed E-state index contributed by atoms with van der Waals surface area (Å²) in [5.41, 5.74) is 5.57. The van der Waals surface area contributed by atoms with Gasteiger partial charge < -0.3 is 11.1 Å². The van der Waals surface area contributed by atoms with Gasteiger partial charge in [-0.15, -0.1) is 0 Å². The minimum atomic E-state index is -0.697. The molecule has 0 atom stereocenters. The molecule has 1 aromatic carbocycles. The minimum absolute atomic E-state index is 0.189. The molecule has 3 N–H and O–H groups in total. The number of nitrogens with one attached hydrogen (secondary N) is 1. The zero-order chi connectivity index (χ0) is 13.3. The van der Waals surface area contributed by atoms with Crippen molar-refractivity contribution in [3.63, 3.8) is 0 Å². The molecule has 2 rings (SSSR count). The van der Waals surface area contributed by atoms with E-state index in [0.29, 0.717) is 12.5 Å². The fraction of sp³-hybridized carbons (Fsp3) is 0.462. The highest BCUT2D eigenvalue weighted by molar-refractivity contribution is 5.94. The Labute approximate surface area is 104 Å². The molecule has 1 aliphatic carbocycles. The molecule has 98 valence electrons. The average molecular weight is 254 g/mol. The fourth-order valence-electron chi connectivity index (χ4n) is 2.11. The van der Waals surface area contributed by atoms with Gasteiger partial charge in [-0.25, -0.2) is 8.78 Å². The number of halogens is 2. The Hall–Kier alpha value is -1.49. The van der Waals surface area contributed by atoms with Crippen LogP contribution in [0.5, 0.6) is 0 Å². The highest BCUT2D eigenvalue weighted by atomic mass is 19.1. The van der Waals surface area contributed by atoms with E-state index in [0.717, 1.165) is 25.0 Å². The lowest BCUT2D eigenvalue weighted by Crippen LogP contribution is -2.42. The van der Waals surface area contributed by atoms with Gasteiger partial charge >= 0.3 is 0 Å². The van der Waals surface area contributed by atoms with E-state index in [9.17, 15) is 13.6 Å². The number of hydrogen-bond acceptors (Lipinski definition) is 2. The maximum absolute atomic E-state index is 13.5. The van der Waals surface area contributed by atoms with E-state index in [1.807, 2.05) is 0 Å². The Morgan fingerprint density at radius 3 is 2.67 bits per heavy atom. The van der Waals surface area contributed by atoms with Crippen LogP contribution in [0.4, 0.5) is 8.78 Å². The summed E-state index contributed by atoms with van der Waals surface area (Å²) in [6.07, 6.45) is 1.73. The molecule has 1 fully saturated rings. The van der Waals surface area contributed by atoms with Gasteiger partial charge in [0.25, 0.3) is 5.91 Å². The van der Waals surface area contributed by atoms with Crippen molar-refractivity contribution in [1.82, 2.24) is 5.32 Å². The predicted molar refractivity (Wildman–Crippen MR) is 64.1 cm³/mol. The molecule has 1 aromatic rings. The number of aryl methyl sites for hydroxylation is 1. The van der Waals surface area contributed by atoms with Gasteiger partial charge in [0.1, 0.15) is 11.6 Å². The normalized spacial score (nSPS) is 22.4. The zero-order valence-corrected chi connectivity index (χ0v) is 10.2. The first-order valence-electron chi connectivity index (χ1n) is 5.96. The van der Waals surface area contributed by atoms with E-state index in [1.165, 1.54) is 6.92 Å². The monoisotopic (exact) mass is 254 g/mol. The number of carbonyl (C=O) groups excluding carboxylic acids is 1. The second-order valence-electron chi connectivity index (χ2n) is 4.89. The molecule has 0 radical (unpaired) electrons. The van der Waals surface area contributed by atoms with Gasteiger partial charge in [0, 0.05) is 12.6 Å². The lowest BCUT2D eigenvalue weighted by Gasteiger charge is -2.32. The first-order chi connectivity index (χ1) is 8.47. The molecule has 0 aromatic heterocycles. The molecule has 5 heteroatoms. The van der Waals surface area contributed by atoms with Crippen LogP contribution in [-0.4, -0.2) is 18.5 Å². The third kappa shape index (κ3) is 2.67. The van der Waals surface area contributed by atoms with E-state index < -0.39 is 17.5 Å². The van der Waals surface area contributed by atoms with E-state index in [-0.39, 0.29) is 17.2 Å². The van der Waals surface area contributed by atoms with Gasteiger partial charge in [-0.1, -0.05) is 0 Å². The largest absolute Gasteiger partial charge is 0.352 e. The Balaban J connectivity index is 1.98. The van der Waals surface area contributed by atoms with Crippen molar-refractivity contribution in [2.24, 2.45) is 11.7 Å². The second kappa shape index (κ2) is 5.02. The molecule has 0 bridgehead atoms. The molecule has 0 saturated heterocycles. The van der Waals surface area contributed by atoms with Crippen molar-refractivity contribution < 1.29 is 13.6 Å². The van der Waals surface area contributed by atoms with Crippen LogP contribution in [0.2, 0.25) is 0 Å². The first-order valence-corrected chi connectivity index (χ1v) is 5.96. The Morgan fingerprint density at radius 1 is 1.39 bits per heavy atom. The van der Waals surface area contributed by atoms with E-state index >= 15 is 0 Å². The molecular formula is C13H16F2N2O. The van der Waals surface area contributed by atoms with Gasteiger partial charge in [-0.05, 0) is 43.4 Å². The van der Waals surface area contributed by atoms with Crippen LogP contribution in [-0.2, 0) is 0 Å². The summed E-state index contributed by atoms with van der Waals surface area (Å²) in [4.78, 5) is 11.7. The fourth-order valence-corrected chi connectivity index (χ4v) is 2.11. The summed E-state index contributed by atoms with van der Waals surface area (Å²) >= 11 is 0. The molecule has 0 heterocycles. The lowest BCUT2D eigenvalue weighted by atomic mass is 9.81. The van der Waals surface area contributed by atoms with Crippen molar-refractivity contribution >= 4 is 5.91 Å². The topological polar surface area (TPSA) is 55.1 Å². The van der Waals surface area contributed by atoms with Gasteiger partial charge in [0.05, 0.1) is 5.56 Å². The molecule has 3 nitrogen and oxygen atoms in total. The van der Waals surface area contributed by atoms with Gasteiger partial charge in [-0.2, -0.15) is 0 Å². The van der Waals surface area contributed by atoms with Gasteiger partial charge in [-0.3, -0.25) is 4.79 Å². The van der Waals surface area contributed by atoms with Gasteiger partial charge in [0.2, 0.25) is 0 Å². The molecule has 1 aliphatic rings. The van der Waals surface area contributed by atoms with Crippen molar-refractivity contribution in [2.75, 3.05) is 6.54 Å². The van der Waals surface area contributed by atoms with E-state index in [4.69, 9.17) is 5.73 Å². The summed E-state index contributed by atoms with van der Waals surface area (Å²) in [6, 6.07) is 2.18. The highest BCUT2D eigenvalue weighted by Crippen LogP contribution is 2.24. The maximum Gasteiger partial charge on any atom is 0.254 e. The summed E-state index contributed by atoms with van der Waals surface area (Å²) in [5, 5.41) is 2.61. The predicted octanol–water partition coefficient (Wildman–Crippen LogP) is 1.74. The Morgan fingerprint density at radius 2 is 2.06 bits per heavy atom. The van der Waals surface area contributed by atoms with Crippen LogP contribution in [0.1, 0.15) is 28.8 Å². The van der Waals surface area contributed by atoms with Gasteiger partial charge in [0.15, 0.2) is 0 Å². The smallest absolute Gasteiger partial charge is 0.254 e. The highest BCUT2D eigenvalue weighted by Gasteiger charge is 2.26. The van der Waals surface area contributed by atoms with Crippen LogP contribution in [0.3, 0.4) is 0 Å². The summed E-state index contributed by atoms with van der Waals surface area (Å²) < 4.78 is 26.8. The number of nitrogens with two attached hydrogens (primary N) is 1. The van der Waals surface area contributed by atoms with Crippen LogP contribution in [0, 0.1) is 24.5 Å². The maximum atomic E-state index is 13.5. The van der Waals surface area contributed by atoms with E-state index in [2.05, 4.69) is 5.32 Å². The number of hydrogen-bond donors (Lipinski definition) is 2. The molecule has 0 aliphatic heterocycles. The molecule has 1 amide bonds. The number of carbonyl (C=O) groups is 1. The quantitative estimate of drug-likeness (QED) is 0.863. The molecule has 1 saturated carbocycles. The molecule has 18 heavy (non-hydrogen) atoms. The van der Waals surface area contributed by atoms with Crippen molar-refractivity contribution in [1.29, 1.82) is 0 Å². The minimum Gasteiger partial charge on any atom is -0.352 e. The average Bonchev–Trinajstić information content (AvgIpc) is 2.27. The van der Waals surface area contributed by atoms with Crippen LogP contribution in [0.15, 0.2) is 12.1 Å². The lowest BCUT2D eigenvalue weighted by molar-refractivity contribution is 0.0931. The zero-order valence-electron chi connectivity index (χ0n) is 10.2. The summed E-state index contributed by atoms with van der Waals surface area (Å²) in [6.45, 7) is 1.91. The standard InChI is InChI=1S/C13H16F2N2O/c1-7-2-12(15)10(5-11(7)14)13(18)17-6-8-3-9(16)4-8/h2,5,8-9H,3-4,6,16H2,1H3,(H,17,18). The Kier molecular flexibility index (Phi) is 3.61. The van der Waals surface area contributed by atoms with Crippen LogP contribution >= 0.6 is 0 Å². The molecule has 0 unspecified atom stereocenters. The van der Waals surface area contributed by atoms with Crippen molar-refractivity contribution in [2.45, 2.75) is 25.8 Å². The first kappa shape index (κ1) is 13.0. The van der Waals surface area contributed by atoms with Crippen LogP contribution < -0.4 is 11.1 Å².